The number of thioether (sulfide) groups is 1. The molecule has 7 nitrogen and oxygen atoms in total. The molecule has 11 heteroatoms. The van der Waals surface area contributed by atoms with E-state index in [-0.39, 0.29) is 16.5 Å². The number of hydrogen-bond donors (Lipinski definition) is 2. The summed E-state index contributed by atoms with van der Waals surface area (Å²) in [7, 11) is -0.764. The van der Waals surface area contributed by atoms with E-state index in [1.807, 2.05) is 6.07 Å². The van der Waals surface area contributed by atoms with E-state index in [1.54, 1.807) is 33.3 Å². The van der Waals surface area contributed by atoms with Gasteiger partial charge in [0, 0.05) is 20.6 Å². The second-order valence-corrected chi connectivity index (χ2v) is 11.0. The van der Waals surface area contributed by atoms with Gasteiger partial charge in [0.1, 0.15) is 0 Å². The lowest BCUT2D eigenvalue weighted by Gasteiger charge is -2.14. The van der Waals surface area contributed by atoms with E-state index in [4.69, 9.17) is 32.7 Å². The minimum absolute atomic E-state index is 0.0225. The third kappa shape index (κ3) is 6.73. The molecule has 2 N–H and O–H groups in total. The maximum Gasteiger partial charge on any atom is 0.261 e. The fraction of sp³-hybridized carbons (Fsp3) is 0.174. The summed E-state index contributed by atoms with van der Waals surface area (Å²) in [4.78, 5) is 13.5. The topological polar surface area (TPSA) is 93.7 Å². The molecule has 0 fully saturated rings. The van der Waals surface area contributed by atoms with Gasteiger partial charge in [0.2, 0.25) is 5.91 Å². The predicted octanol–water partition coefficient (Wildman–Crippen LogP) is 5.93. The van der Waals surface area contributed by atoms with Crippen molar-refractivity contribution in [2.45, 2.75) is 22.0 Å². The van der Waals surface area contributed by atoms with Gasteiger partial charge in [-0.1, -0.05) is 23.2 Å². The van der Waals surface area contributed by atoms with E-state index in [1.165, 1.54) is 54.2 Å². The number of hydrogen-bond acceptors (Lipinski definition) is 6. The molecule has 1 amide bonds. The van der Waals surface area contributed by atoms with Crippen molar-refractivity contribution in [1.82, 2.24) is 0 Å². The summed E-state index contributed by atoms with van der Waals surface area (Å²) >= 11 is 13.2. The number of benzene rings is 3. The number of anilines is 2. The zero-order valence-corrected chi connectivity index (χ0v) is 21.6. The molecule has 3 rings (SSSR count). The molecule has 34 heavy (non-hydrogen) atoms. The van der Waals surface area contributed by atoms with Gasteiger partial charge >= 0.3 is 0 Å². The van der Waals surface area contributed by atoms with Crippen LogP contribution in [0, 0.1) is 0 Å². The minimum atomic E-state index is -3.87. The summed E-state index contributed by atoms with van der Waals surface area (Å²) in [6, 6.07) is 15.7. The fourth-order valence-corrected chi connectivity index (χ4v) is 5.40. The normalized spacial score (nSPS) is 12.0. The van der Waals surface area contributed by atoms with Gasteiger partial charge in [-0.25, -0.2) is 8.42 Å². The second kappa shape index (κ2) is 11.2. The number of nitrogens with one attached hydrogen (secondary N) is 2. The highest BCUT2D eigenvalue weighted by atomic mass is 35.5. The first kappa shape index (κ1) is 26.0. The van der Waals surface area contributed by atoms with Gasteiger partial charge in [0.05, 0.1) is 30.1 Å². The molecule has 0 heterocycles. The van der Waals surface area contributed by atoms with Crippen LogP contribution in [0.4, 0.5) is 11.4 Å². The second-order valence-electron chi connectivity index (χ2n) is 7.05. The summed E-state index contributed by atoms with van der Waals surface area (Å²) in [6.07, 6.45) is 0. The third-order valence-electron chi connectivity index (χ3n) is 4.58. The first-order chi connectivity index (χ1) is 16.1. The quantitative estimate of drug-likeness (QED) is 0.326. The van der Waals surface area contributed by atoms with E-state index in [0.29, 0.717) is 27.2 Å². The van der Waals surface area contributed by atoms with E-state index < -0.39 is 15.3 Å². The Hall–Kier alpha value is -2.59. The molecule has 0 spiro atoms. The number of methoxy groups -OCH3 is 2. The number of halogens is 2. The molecule has 0 saturated carbocycles. The van der Waals surface area contributed by atoms with Crippen LogP contribution in [0.2, 0.25) is 10.0 Å². The summed E-state index contributed by atoms with van der Waals surface area (Å²) in [5.74, 6) is 0.944. The van der Waals surface area contributed by atoms with Crippen molar-refractivity contribution in [2.75, 3.05) is 24.3 Å². The largest absolute Gasteiger partial charge is 0.493 e. The average Bonchev–Trinajstić information content (AvgIpc) is 2.78. The summed E-state index contributed by atoms with van der Waals surface area (Å²) in [5, 5.41) is 2.99. The van der Waals surface area contributed by atoms with E-state index in [2.05, 4.69) is 10.0 Å². The Morgan fingerprint density at radius 3 is 2.09 bits per heavy atom. The zero-order chi connectivity index (χ0) is 24.9. The number of carbonyl (C=O) groups excluding carboxylic acids is 1. The molecule has 0 unspecified atom stereocenters. The van der Waals surface area contributed by atoms with Crippen LogP contribution in [-0.4, -0.2) is 33.8 Å². The third-order valence-corrected chi connectivity index (χ3v) is 7.51. The fourth-order valence-electron chi connectivity index (χ4n) is 2.94. The highest BCUT2D eigenvalue weighted by Crippen LogP contribution is 2.34. The Morgan fingerprint density at radius 2 is 1.50 bits per heavy atom. The number of sulfonamides is 1. The van der Waals surface area contributed by atoms with Crippen LogP contribution in [0.1, 0.15) is 6.92 Å². The predicted molar refractivity (Wildman–Crippen MR) is 137 cm³/mol. The van der Waals surface area contributed by atoms with Gasteiger partial charge in [-0.3, -0.25) is 9.52 Å². The molecule has 0 aliphatic rings. The molecule has 0 aliphatic heterocycles. The molecule has 0 aromatic heterocycles. The van der Waals surface area contributed by atoms with Crippen LogP contribution in [0.25, 0.3) is 0 Å². The van der Waals surface area contributed by atoms with E-state index in [0.717, 1.165) is 4.90 Å². The molecule has 0 aliphatic carbocycles. The molecular weight excluding hydrogens is 519 g/mol. The Bertz CT molecular complexity index is 1260. The van der Waals surface area contributed by atoms with E-state index >= 15 is 0 Å². The standard InChI is InChI=1S/C23H22Cl2N2O5S2/c1-14(33-19-6-9-21(31-2)22(13-19)32-3)23(28)26-17-4-7-20(8-5-17)34(29,30)27-18-11-15(24)10-16(25)12-18/h4-14,27H,1-3H3,(H,26,28)/t14-/m0/s1. The molecule has 1 atom stereocenters. The zero-order valence-electron chi connectivity index (χ0n) is 18.5. The van der Waals surface area contributed by atoms with Crippen molar-refractivity contribution in [3.8, 4) is 11.5 Å². The van der Waals surface area contributed by atoms with Crippen molar-refractivity contribution >= 4 is 62.3 Å². The van der Waals surface area contributed by atoms with Gasteiger partial charge < -0.3 is 14.8 Å². The van der Waals surface area contributed by atoms with Crippen LogP contribution in [0.3, 0.4) is 0 Å². The van der Waals surface area contributed by atoms with Crippen molar-refractivity contribution in [1.29, 1.82) is 0 Å². The molecule has 180 valence electrons. The lowest BCUT2D eigenvalue weighted by molar-refractivity contribution is -0.115. The first-order valence-electron chi connectivity index (χ1n) is 9.90. The van der Waals surface area contributed by atoms with Crippen LogP contribution in [-0.2, 0) is 14.8 Å². The molecule has 0 radical (unpaired) electrons. The van der Waals surface area contributed by atoms with Gasteiger partial charge in [-0.2, -0.15) is 0 Å². The number of carbonyl (C=O) groups is 1. The Labute approximate surface area is 212 Å². The highest BCUT2D eigenvalue weighted by Gasteiger charge is 2.18. The molecule has 0 saturated heterocycles. The average molecular weight is 541 g/mol. The maximum absolute atomic E-state index is 12.7. The van der Waals surface area contributed by atoms with Crippen LogP contribution >= 0.6 is 35.0 Å². The highest BCUT2D eigenvalue weighted by molar-refractivity contribution is 8.00. The Balaban J connectivity index is 1.64. The van der Waals surface area contributed by atoms with Crippen molar-refractivity contribution in [3.05, 3.63) is 70.7 Å². The van der Waals surface area contributed by atoms with Gasteiger partial charge in [0.15, 0.2) is 11.5 Å². The SMILES string of the molecule is COc1ccc(S[C@@H](C)C(=O)Nc2ccc(S(=O)(=O)Nc3cc(Cl)cc(Cl)c3)cc2)cc1OC. The van der Waals surface area contributed by atoms with Crippen LogP contribution in [0.5, 0.6) is 11.5 Å². The summed E-state index contributed by atoms with van der Waals surface area (Å²) in [5.41, 5.74) is 0.713. The van der Waals surface area contributed by atoms with Crippen molar-refractivity contribution < 1.29 is 22.7 Å². The molecule has 3 aromatic carbocycles. The van der Waals surface area contributed by atoms with Gasteiger partial charge in [0.25, 0.3) is 10.0 Å². The number of rotatable bonds is 9. The Kier molecular flexibility index (Phi) is 8.59. The number of ether oxygens (including phenoxy) is 2. The van der Waals surface area contributed by atoms with Crippen LogP contribution < -0.4 is 19.5 Å². The smallest absolute Gasteiger partial charge is 0.261 e. The first-order valence-corrected chi connectivity index (χ1v) is 13.0. The van der Waals surface area contributed by atoms with Crippen LogP contribution in [0.15, 0.2) is 70.5 Å². The van der Waals surface area contributed by atoms with Crippen molar-refractivity contribution in [2.24, 2.45) is 0 Å². The van der Waals surface area contributed by atoms with Gasteiger partial charge in [-0.15, -0.1) is 11.8 Å². The van der Waals surface area contributed by atoms with Gasteiger partial charge in [-0.05, 0) is 67.6 Å². The molecular formula is C23H22Cl2N2O5S2. The number of amides is 1. The molecule has 0 bridgehead atoms. The summed E-state index contributed by atoms with van der Waals surface area (Å²) < 4.78 is 38.3. The lowest BCUT2D eigenvalue weighted by atomic mass is 10.3. The van der Waals surface area contributed by atoms with E-state index in [9.17, 15) is 13.2 Å². The minimum Gasteiger partial charge on any atom is -0.493 e. The van der Waals surface area contributed by atoms with Crippen molar-refractivity contribution in [3.63, 3.8) is 0 Å². The monoisotopic (exact) mass is 540 g/mol. The lowest BCUT2D eigenvalue weighted by Crippen LogP contribution is -2.22. The molecule has 3 aromatic rings. The summed E-state index contributed by atoms with van der Waals surface area (Å²) in [6.45, 7) is 1.77. The maximum atomic E-state index is 12.7. The Morgan fingerprint density at radius 1 is 0.882 bits per heavy atom.